The lowest BCUT2D eigenvalue weighted by Gasteiger charge is -2.32. The van der Waals surface area contributed by atoms with E-state index < -0.39 is 23.2 Å². The molecule has 0 unspecified atom stereocenters. The molecule has 3 rings (SSSR count). The summed E-state index contributed by atoms with van der Waals surface area (Å²) in [6.07, 6.45) is -0.304. The molecule has 7 heteroatoms. The van der Waals surface area contributed by atoms with E-state index in [1.165, 1.54) is 4.90 Å². The largest absolute Gasteiger partial charge is 0.480 e. The predicted octanol–water partition coefficient (Wildman–Crippen LogP) is 2.98. The van der Waals surface area contributed by atoms with Crippen LogP contribution < -0.4 is 9.47 Å². The van der Waals surface area contributed by atoms with Crippen molar-refractivity contribution in [2.75, 3.05) is 13.3 Å². The van der Waals surface area contributed by atoms with Gasteiger partial charge in [0.15, 0.2) is 11.5 Å². The molecule has 0 aliphatic carbocycles. The highest BCUT2D eigenvalue weighted by atomic mass is 16.7. The first-order valence-electron chi connectivity index (χ1n) is 8.24. The average molecular weight is 349 g/mol. The standard InChI is InChI=1S/C18H23NO6/c1-17(2,3)25-16(22)19-9-12(8-18(19,4)15(20)21)11-5-6-13-14(7-11)24-10-23-13/h5-7,12H,8-10H2,1-4H3,(H,20,21)/t12-,18-/m0/s1. The van der Waals surface area contributed by atoms with Gasteiger partial charge in [-0.3, -0.25) is 4.90 Å². The van der Waals surface area contributed by atoms with Crippen LogP contribution in [0.25, 0.3) is 0 Å². The first-order chi connectivity index (χ1) is 11.6. The summed E-state index contributed by atoms with van der Waals surface area (Å²) >= 11 is 0. The van der Waals surface area contributed by atoms with Crippen molar-refractivity contribution in [2.45, 2.75) is 51.2 Å². The monoisotopic (exact) mass is 349 g/mol. The minimum atomic E-state index is -1.32. The number of carbonyl (C=O) groups excluding carboxylic acids is 1. The molecule has 7 nitrogen and oxygen atoms in total. The number of benzene rings is 1. The highest BCUT2D eigenvalue weighted by Crippen LogP contribution is 2.42. The van der Waals surface area contributed by atoms with Gasteiger partial charge in [0.25, 0.3) is 0 Å². The highest BCUT2D eigenvalue weighted by Gasteiger charge is 2.51. The first kappa shape index (κ1) is 17.4. The Morgan fingerprint density at radius 1 is 1.28 bits per heavy atom. The average Bonchev–Trinajstić information content (AvgIpc) is 3.09. The van der Waals surface area contributed by atoms with Crippen molar-refractivity contribution in [3.63, 3.8) is 0 Å². The van der Waals surface area contributed by atoms with Crippen LogP contribution in [0.1, 0.15) is 45.6 Å². The van der Waals surface area contributed by atoms with Crippen molar-refractivity contribution in [3.8, 4) is 11.5 Å². The van der Waals surface area contributed by atoms with Crippen LogP contribution in [0, 0.1) is 0 Å². The van der Waals surface area contributed by atoms with Crippen molar-refractivity contribution in [3.05, 3.63) is 23.8 Å². The highest BCUT2D eigenvalue weighted by molar-refractivity contribution is 5.85. The molecule has 0 radical (unpaired) electrons. The number of carbonyl (C=O) groups is 2. The Kier molecular flexibility index (Phi) is 4.05. The minimum Gasteiger partial charge on any atom is -0.480 e. The van der Waals surface area contributed by atoms with Crippen LogP contribution in [-0.4, -0.2) is 46.5 Å². The van der Waals surface area contributed by atoms with Crippen LogP contribution in [0.4, 0.5) is 4.79 Å². The van der Waals surface area contributed by atoms with Crippen LogP contribution in [0.5, 0.6) is 11.5 Å². The van der Waals surface area contributed by atoms with Gasteiger partial charge < -0.3 is 19.3 Å². The lowest BCUT2D eigenvalue weighted by atomic mass is 9.90. The molecule has 1 N–H and O–H groups in total. The maximum Gasteiger partial charge on any atom is 0.411 e. The summed E-state index contributed by atoms with van der Waals surface area (Å²) in [7, 11) is 0. The fraction of sp³-hybridized carbons (Fsp3) is 0.556. The van der Waals surface area contributed by atoms with Gasteiger partial charge in [0.2, 0.25) is 6.79 Å². The summed E-state index contributed by atoms with van der Waals surface area (Å²) in [5.41, 5.74) is -1.08. The van der Waals surface area contributed by atoms with Crippen LogP contribution >= 0.6 is 0 Å². The number of carboxylic acid groups (broad SMARTS) is 1. The van der Waals surface area contributed by atoms with E-state index in [0.29, 0.717) is 17.9 Å². The van der Waals surface area contributed by atoms with Crippen LogP contribution in [0.2, 0.25) is 0 Å². The van der Waals surface area contributed by atoms with Gasteiger partial charge in [-0.25, -0.2) is 9.59 Å². The molecule has 0 spiro atoms. The van der Waals surface area contributed by atoms with E-state index in [4.69, 9.17) is 14.2 Å². The molecule has 0 bridgehead atoms. The molecule has 2 aliphatic heterocycles. The molecule has 2 heterocycles. The Balaban J connectivity index is 1.87. The number of ether oxygens (including phenoxy) is 3. The van der Waals surface area contributed by atoms with E-state index in [2.05, 4.69) is 0 Å². The van der Waals surface area contributed by atoms with E-state index in [1.807, 2.05) is 18.2 Å². The number of nitrogens with zero attached hydrogens (tertiary/aromatic N) is 1. The Hall–Kier alpha value is -2.44. The zero-order valence-electron chi connectivity index (χ0n) is 14.9. The van der Waals surface area contributed by atoms with Gasteiger partial charge in [0.05, 0.1) is 0 Å². The molecular weight excluding hydrogens is 326 g/mol. The summed E-state index contributed by atoms with van der Waals surface area (Å²) in [6, 6.07) is 5.55. The van der Waals surface area contributed by atoms with E-state index in [0.717, 1.165) is 5.56 Å². The molecule has 1 fully saturated rings. The smallest absolute Gasteiger partial charge is 0.411 e. The second-order valence-corrected chi connectivity index (χ2v) is 7.68. The number of carboxylic acids is 1. The van der Waals surface area contributed by atoms with Crippen molar-refractivity contribution in [2.24, 2.45) is 0 Å². The lowest BCUT2D eigenvalue weighted by Crippen LogP contribution is -2.52. The van der Waals surface area contributed by atoms with Gasteiger partial charge in [-0.15, -0.1) is 0 Å². The fourth-order valence-electron chi connectivity index (χ4n) is 3.26. The Morgan fingerprint density at radius 3 is 2.60 bits per heavy atom. The number of amides is 1. The van der Waals surface area contributed by atoms with E-state index >= 15 is 0 Å². The third kappa shape index (κ3) is 3.23. The zero-order chi connectivity index (χ0) is 18.4. The topological polar surface area (TPSA) is 85.3 Å². The second-order valence-electron chi connectivity index (χ2n) is 7.68. The SMILES string of the molecule is CC(C)(C)OC(=O)N1C[C@@H](c2ccc3c(c2)OCO3)C[C@@]1(C)C(=O)O. The molecule has 0 saturated carbocycles. The third-order valence-corrected chi connectivity index (χ3v) is 4.59. The number of rotatable bonds is 2. The molecule has 1 saturated heterocycles. The van der Waals surface area contributed by atoms with Crippen molar-refractivity contribution < 1.29 is 28.9 Å². The minimum absolute atomic E-state index is 0.122. The first-order valence-corrected chi connectivity index (χ1v) is 8.24. The van der Waals surface area contributed by atoms with E-state index in [9.17, 15) is 14.7 Å². The lowest BCUT2D eigenvalue weighted by molar-refractivity contribution is -0.148. The Morgan fingerprint density at radius 2 is 1.96 bits per heavy atom. The number of hydrogen-bond acceptors (Lipinski definition) is 5. The van der Waals surface area contributed by atoms with E-state index in [1.54, 1.807) is 27.7 Å². The van der Waals surface area contributed by atoms with Gasteiger partial charge in [0.1, 0.15) is 11.1 Å². The van der Waals surface area contributed by atoms with Crippen LogP contribution in [-0.2, 0) is 9.53 Å². The molecule has 2 atom stereocenters. The predicted molar refractivity (Wildman–Crippen MR) is 88.9 cm³/mol. The molecule has 1 aromatic carbocycles. The summed E-state index contributed by atoms with van der Waals surface area (Å²) in [4.78, 5) is 25.7. The van der Waals surface area contributed by atoms with Crippen molar-refractivity contribution in [1.29, 1.82) is 0 Å². The summed E-state index contributed by atoms with van der Waals surface area (Å²) in [5, 5.41) is 9.72. The van der Waals surface area contributed by atoms with Gasteiger partial charge in [-0.2, -0.15) is 0 Å². The number of likely N-dealkylation sites (tertiary alicyclic amines) is 1. The van der Waals surface area contributed by atoms with E-state index in [-0.39, 0.29) is 19.3 Å². The van der Waals surface area contributed by atoms with Gasteiger partial charge >= 0.3 is 12.1 Å². The van der Waals surface area contributed by atoms with Crippen LogP contribution in [0.3, 0.4) is 0 Å². The molecule has 1 amide bonds. The third-order valence-electron chi connectivity index (χ3n) is 4.59. The number of fused-ring (bicyclic) bond motifs is 1. The molecule has 136 valence electrons. The Labute approximate surface area is 146 Å². The summed E-state index contributed by atoms with van der Waals surface area (Å²) in [6.45, 7) is 7.29. The Bertz CT molecular complexity index is 710. The fourth-order valence-corrected chi connectivity index (χ4v) is 3.26. The number of hydrogen-bond donors (Lipinski definition) is 1. The second kappa shape index (κ2) is 5.82. The van der Waals surface area contributed by atoms with Crippen molar-refractivity contribution >= 4 is 12.1 Å². The van der Waals surface area contributed by atoms with Crippen molar-refractivity contribution in [1.82, 2.24) is 4.90 Å². The molecule has 1 aromatic rings. The maximum atomic E-state index is 12.5. The van der Waals surface area contributed by atoms with Gasteiger partial charge in [-0.1, -0.05) is 6.07 Å². The normalized spacial score (nSPS) is 25.1. The maximum absolute atomic E-state index is 12.5. The zero-order valence-corrected chi connectivity index (χ0v) is 14.9. The molecule has 25 heavy (non-hydrogen) atoms. The molecule has 2 aliphatic rings. The van der Waals surface area contributed by atoms with Gasteiger partial charge in [0, 0.05) is 12.5 Å². The molecule has 0 aromatic heterocycles. The summed E-state index contributed by atoms with van der Waals surface area (Å²) in [5.74, 6) is 0.154. The van der Waals surface area contributed by atoms with Gasteiger partial charge in [-0.05, 0) is 51.8 Å². The molecular formula is C18H23NO6. The quantitative estimate of drug-likeness (QED) is 0.883. The van der Waals surface area contributed by atoms with Crippen LogP contribution in [0.15, 0.2) is 18.2 Å². The summed E-state index contributed by atoms with van der Waals surface area (Å²) < 4.78 is 16.1. The number of aliphatic carboxylic acids is 1.